The van der Waals surface area contributed by atoms with Crippen LogP contribution in [-0.4, -0.2) is 45.7 Å². The van der Waals surface area contributed by atoms with E-state index in [1.54, 1.807) is 41.2 Å². The van der Waals surface area contributed by atoms with Crippen molar-refractivity contribution in [1.29, 1.82) is 0 Å². The lowest BCUT2D eigenvalue weighted by Gasteiger charge is -2.30. The molecule has 1 aliphatic rings. The normalized spacial score (nSPS) is 15.0. The number of hydrogen-bond acceptors (Lipinski definition) is 3. The number of halogens is 1. The molecule has 0 unspecified atom stereocenters. The summed E-state index contributed by atoms with van der Waals surface area (Å²) in [6.45, 7) is 3.34. The molecule has 1 aromatic carbocycles. The van der Waals surface area contributed by atoms with Crippen LogP contribution in [0.5, 0.6) is 0 Å². The molecule has 1 aromatic heterocycles. The average Bonchev–Trinajstić information content (AvgIpc) is 3.12. The number of likely N-dealkylation sites (tertiary alicyclic amines) is 1. The monoisotopic (exact) mass is 369 g/mol. The second kappa shape index (κ2) is 8.75. The summed E-state index contributed by atoms with van der Waals surface area (Å²) in [6, 6.07) is 9.60. The minimum atomic E-state index is -0.482. The number of carbonyl (C=O) groups excluding carboxylic acids is 2. The Bertz CT molecular complexity index is 780. The number of benzene rings is 1. The lowest BCUT2D eigenvalue weighted by Crippen LogP contribution is -2.47. The standard InChI is InChI=1S/C21H24FN3O2/c1-16(25-12-3-5-20(25)26)21(27)24(15-18-4-2-11-23-14-18)13-10-17-6-8-19(22)9-7-17/h2,4,6-9,11,14,16H,3,5,10,12-13,15H2,1H3/t16-/m0/s1. The van der Waals surface area contributed by atoms with E-state index in [4.69, 9.17) is 0 Å². The zero-order chi connectivity index (χ0) is 19.2. The van der Waals surface area contributed by atoms with Crippen molar-refractivity contribution in [2.24, 2.45) is 0 Å². The van der Waals surface area contributed by atoms with Gasteiger partial charge in [0.15, 0.2) is 0 Å². The Hall–Kier alpha value is -2.76. The summed E-state index contributed by atoms with van der Waals surface area (Å²) in [5, 5.41) is 0. The zero-order valence-electron chi connectivity index (χ0n) is 15.5. The molecule has 1 fully saturated rings. The molecule has 27 heavy (non-hydrogen) atoms. The summed E-state index contributed by atoms with van der Waals surface area (Å²) >= 11 is 0. The van der Waals surface area contributed by atoms with Gasteiger partial charge in [-0.1, -0.05) is 18.2 Å². The fourth-order valence-electron chi connectivity index (χ4n) is 3.37. The van der Waals surface area contributed by atoms with Crippen LogP contribution in [0.2, 0.25) is 0 Å². The van der Waals surface area contributed by atoms with Crippen LogP contribution in [0, 0.1) is 5.82 Å². The van der Waals surface area contributed by atoms with Gasteiger partial charge in [0.1, 0.15) is 11.9 Å². The van der Waals surface area contributed by atoms with Gasteiger partial charge in [-0.25, -0.2) is 4.39 Å². The topological polar surface area (TPSA) is 53.5 Å². The lowest BCUT2D eigenvalue weighted by molar-refractivity contribution is -0.143. The van der Waals surface area contributed by atoms with E-state index in [0.29, 0.717) is 32.5 Å². The first-order chi connectivity index (χ1) is 13.0. The lowest BCUT2D eigenvalue weighted by atomic mass is 10.1. The largest absolute Gasteiger partial charge is 0.336 e. The van der Waals surface area contributed by atoms with E-state index in [2.05, 4.69) is 4.98 Å². The molecule has 0 aliphatic carbocycles. The fraction of sp³-hybridized carbons (Fsp3) is 0.381. The molecule has 0 spiro atoms. The number of nitrogens with zero attached hydrogens (tertiary/aromatic N) is 3. The molecule has 0 N–H and O–H groups in total. The summed E-state index contributed by atoms with van der Waals surface area (Å²) in [5.41, 5.74) is 1.90. The van der Waals surface area contributed by atoms with Gasteiger partial charge in [-0.15, -0.1) is 0 Å². The third-order valence-electron chi connectivity index (χ3n) is 4.93. The molecule has 2 amide bonds. The quantitative estimate of drug-likeness (QED) is 0.754. The van der Waals surface area contributed by atoms with Gasteiger partial charge in [-0.3, -0.25) is 14.6 Å². The van der Waals surface area contributed by atoms with Crippen LogP contribution in [-0.2, 0) is 22.6 Å². The third kappa shape index (κ3) is 4.90. The maximum Gasteiger partial charge on any atom is 0.245 e. The van der Waals surface area contributed by atoms with Crippen molar-refractivity contribution >= 4 is 11.8 Å². The van der Waals surface area contributed by atoms with Crippen molar-refractivity contribution in [2.75, 3.05) is 13.1 Å². The SMILES string of the molecule is C[C@@H](C(=O)N(CCc1ccc(F)cc1)Cc1cccnc1)N1CCCC1=O. The molecule has 1 atom stereocenters. The number of carbonyl (C=O) groups is 2. The molecule has 0 bridgehead atoms. The summed E-state index contributed by atoms with van der Waals surface area (Å²) in [5.74, 6) is -0.310. The van der Waals surface area contributed by atoms with Gasteiger partial charge >= 0.3 is 0 Å². The Morgan fingerprint density at radius 2 is 2.04 bits per heavy atom. The highest BCUT2D eigenvalue weighted by Crippen LogP contribution is 2.17. The smallest absolute Gasteiger partial charge is 0.245 e. The van der Waals surface area contributed by atoms with E-state index in [1.807, 2.05) is 12.1 Å². The summed E-state index contributed by atoms with van der Waals surface area (Å²) in [6.07, 6.45) is 5.36. The van der Waals surface area contributed by atoms with E-state index in [-0.39, 0.29) is 17.6 Å². The van der Waals surface area contributed by atoms with Crippen LogP contribution in [0.25, 0.3) is 0 Å². The van der Waals surface area contributed by atoms with Gasteiger partial charge in [0.2, 0.25) is 11.8 Å². The van der Waals surface area contributed by atoms with Crippen molar-refractivity contribution in [1.82, 2.24) is 14.8 Å². The van der Waals surface area contributed by atoms with Gasteiger partial charge < -0.3 is 9.80 Å². The van der Waals surface area contributed by atoms with E-state index in [9.17, 15) is 14.0 Å². The first-order valence-electron chi connectivity index (χ1n) is 9.26. The van der Waals surface area contributed by atoms with E-state index >= 15 is 0 Å². The van der Waals surface area contributed by atoms with Crippen molar-refractivity contribution in [3.05, 3.63) is 65.7 Å². The van der Waals surface area contributed by atoms with Gasteiger partial charge in [0.25, 0.3) is 0 Å². The van der Waals surface area contributed by atoms with Crippen LogP contribution in [0.15, 0.2) is 48.8 Å². The number of hydrogen-bond donors (Lipinski definition) is 0. The summed E-state index contributed by atoms with van der Waals surface area (Å²) in [7, 11) is 0. The molecule has 0 saturated carbocycles. The molecule has 3 rings (SSSR count). The Labute approximate surface area is 158 Å². The molecule has 142 valence electrons. The molecule has 2 heterocycles. The molecular formula is C21H24FN3O2. The average molecular weight is 369 g/mol. The Morgan fingerprint density at radius 1 is 1.26 bits per heavy atom. The molecule has 1 aliphatic heterocycles. The number of amides is 2. The van der Waals surface area contributed by atoms with Crippen LogP contribution >= 0.6 is 0 Å². The molecule has 2 aromatic rings. The Kier molecular flexibility index (Phi) is 6.16. The minimum Gasteiger partial charge on any atom is -0.336 e. The Balaban J connectivity index is 1.72. The number of pyridine rings is 1. The maximum absolute atomic E-state index is 13.1. The van der Waals surface area contributed by atoms with E-state index < -0.39 is 6.04 Å². The van der Waals surface area contributed by atoms with Crippen molar-refractivity contribution in [2.45, 2.75) is 38.8 Å². The molecular weight excluding hydrogens is 345 g/mol. The predicted octanol–water partition coefficient (Wildman–Crippen LogP) is 2.80. The van der Waals surface area contributed by atoms with Gasteiger partial charge in [0.05, 0.1) is 0 Å². The highest BCUT2D eigenvalue weighted by Gasteiger charge is 2.32. The first kappa shape index (κ1) is 19.0. The van der Waals surface area contributed by atoms with Crippen molar-refractivity contribution in [3.63, 3.8) is 0 Å². The van der Waals surface area contributed by atoms with Crippen LogP contribution in [0.1, 0.15) is 30.9 Å². The molecule has 5 nitrogen and oxygen atoms in total. The zero-order valence-corrected chi connectivity index (χ0v) is 15.5. The van der Waals surface area contributed by atoms with Gasteiger partial charge in [-0.2, -0.15) is 0 Å². The van der Waals surface area contributed by atoms with Crippen LogP contribution in [0.3, 0.4) is 0 Å². The van der Waals surface area contributed by atoms with Gasteiger partial charge in [0, 0.05) is 38.4 Å². The predicted molar refractivity (Wildman–Crippen MR) is 100 cm³/mol. The summed E-state index contributed by atoms with van der Waals surface area (Å²) in [4.78, 5) is 32.7. The maximum atomic E-state index is 13.1. The highest BCUT2D eigenvalue weighted by atomic mass is 19.1. The minimum absolute atomic E-state index is 0.0377. The first-order valence-corrected chi connectivity index (χ1v) is 9.26. The molecule has 6 heteroatoms. The highest BCUT2D eigenvalue weighted by molar-refractivity contribution is 5.88. The van der Waals surface area contributed by atoms with E-state index in [0.717, 1.165) is 17.5 Å². The van der Waals surface area contributed by atoms with E-state index in [1.165, 1.54) is 12.1 Å². The van der Waals surface area contributed by atoms with Gasteiger partial charge in [-0.05, 0) is 49.1 Å². The fourth-order valence-corrected chi connectivity index (χ4v) is 3.37. The third-order valence-corrected chi connectivity index (χ3v) is 4.93. The Morgan fingerprint density at radius 3 is 2.67 bits per heavy atom. The van der Waals surface area contributed by atoms with Crippen LogP contribution < -0.4 is 0 Å². The number of rotatable bonds is 7. The molecule has 1 saturated heterocycles. The van der Waals surface area contributed by atoms with Crippen molar-refractivity contribution < 1.29 is 14.0 Å². The van der Waals surface area contributed by atoms with Crippen molar-refractivity contribution in [3.8, 4) is 0 Å². The second-order valence-corrected chi connectivity index (χ2v) is 6.86. The summed E-state index contributed by atoms with van der Waals surface area (Å²) < 4.78 is 13.1. The van der Waals surface area contributed by atoms with Crippen LogP contribution in [0.4, 0.5) is 4.39 Å². The second-order valence-electron chi connectivity index (χ2n) is 6.86. The molecule has 0 radical (unpaired) electrons. The number of aromatic nitrogens is 1.